The van der Waals surface area contributed by atoms with Gasteiger partial charge in [-0.15, -0.1) is 0 Å². The van der Waals surface area contributed by atoms with Crippen LogP contribution in [0.25, 0.3) is 0 Å². The van der Waals surface area contributed by atoms with Gasteiger partial charge in [0.15, 0.2) is 11.0 Å². The number of carbonyl (C=O) groups excluding carboxylic acids is 1. The Morgan fingerprint density at radius 2 is 2.27 bits per heavy atom. The molecule has 0 aromatic carbocycles. The van der Waals surface area contributed by atoms with Gasteiger partial charge in [0.05, 0.1) is 0 Å². The molecule has 82 valence electrons. The number of hydrogen-bond acceptors (Lipinski definition) is 4. The van der Waals surface area contributed by atoms with Crippen molar-refractivity contribution in [2.45, 2.75) is 6.92 Å². The van der Waals surface area contributed by atoms with E-state index in [1.165, 1.54) is 6.33 Å². The van der Waals surface area contributed by atoms with Crippen LogP contribution in [0.4, 0.5) is 5.82 Å². The highest BCUT2D eigenvalue weighted by atomic mass is 35.5. The first-order chi connectivity index (χ1) is 7.06. The number of halogens is 2. The molecule has 5 nitrogen and oxygen atoms in total. The van der Waals surface area contributed by atoms with Crippen LogP contribution in [0.1, 0.15) is 6.92 Å². The van der Waals surface area contributed by atoms with Crippen molar-refractivity contribution in [2.75, 3.05) is 11.9 Å². The molecule has 7 heteroatoms. The normalized spacial score (nSPS) is 12.3. The van der Waals surface area contributed by atoms with E-state index in [0.717, 1.165) is 0 Å². The van der Waals surface area contributed by atoms with Gasteiger partial charge in [-0.25, -0.2) is 9.97 Å². The third-order valence-corrected chi connectivity index (χ3v) is 2.53. The second-order valence-electron chi connectivity index (χ2n) is 2.95. The summed E-state index contributed by atoms with van der Waals surface area (Å²) in [4.78, 5) is 18.9. The summed E-state index contributed by atoms with van der Waals surface area (Å²) in [5.41, 5.74) is 5.34. The van der Waals surface area contributed by atoms with Crippen LogP contribution in [0, 0.1) is 5.92 Å². The molecule has 0 aliphatic heterocycles. The fourth-order valence-electron chi connectivity index (χ4n) is 0.782. The first kappa shape index (κ1) is 12.2. The van der Waals surface area contributed by atoms with Crippen LogP contribution in [0.15, 0.2) is 6.33 Å². The highest BCUT2D eigenvalue weighted by molar-refractivity contribution is 6.42. The highest BCUT2D eigenvalue weighted by Crippen LogP contribution is 2.25. The Kier molecular flexibility index (Phi) is 4.26. The average Bonchev–Trinajstić information content (AvgIpc) is 2.23. The van der Waals surface area contributed by atoms with E-state index in [2.05, 4.69) is 15.3 Å². The fourth-order valence-corrected chi connectivity index (χ4v) is 1.06. The predicted octanol–water partition coefficient (Wildman–Crippen LogP) is 1.32. The Balaban J connectivity index is 2.81. The lowest BCUT2D eigenvalue weighted by Crippen LogP contribution is -2.27. The van der Waals surface area contributed by atoms with E-state index >= 15 is 0 Å². The number of anilines is 1. The summed E-state index contributed by atoms with van der Waals surface area (Å²) >= 11 is 11.4. The van der Waals surface area contributed by atoms with E-state index in [4.69, 9.17) is 28.9 Å². The summed E-state index contributed by atoms with van der Waals surface area (Å²) in [6.45, 7) is 1.95. The smallest absolute Gasteiger partial charge is 0.229 e. The summed E-state index contributed by atoms with van der Waals surface area (Å²) in [6, 6.07) is 0. The number of aromatic nitrogens is 2. The van der Waals surface area contributed by atoms with Crippen LogP contribution in [-0.2, 0) is 4.79 Å². The Morgan fingerprint density at radius 1 is 1.60 bits per heavy atom. The molecule has 0 aliphatic carbocycles. The minimum Gasteiger partial charge on any atom is -0.330 e. The molecule has 1 rings (SSSR count). The standard InChI is InChI=1S/C8H10Cl2N4O/c1-4(2-11)8(15)14-7-5(9)6(10)12-3-13-7/h3-4H,2,11H2,1H3,(H,12,13,14,15). The number of rotatable bonds is 3. The van der Waals surface area contributed by atoms with Crippen molar-refractivity contribution in [2.24, 2.45) is 11.7 Å². The molecule has 0 saturated carbocycles. The SMILES string of the molecule is CC(CN)C(=O)Nc1ncnc(Cl)c1Cl. The number of amides is 1. The average molecular weight is 249 g/mol. The molecule has 0 bridgehead atoms. The molecule has 0 fully saturated rings. The van der Waals surface area contributed by atoms with Crippen LogP contribution >= 0.6 is 23.2 Å². The van der Waals surface area contributed by atoms with Crippen molar-refractivity contribution in [1.82, 2.24) is 9.97 Å². The number of carbonyl (C=O) groups is 1. The Bertz CT molecular complexity index is 372. The molecule has 1 atom stereocenters. The van der Waals surface area contributed by atoms with Gasteiger partial charge < -0.3 is 11.1 Å². The number of nitrogens with two attached hydrogens (primary N) is 1. The minimum absolute atomic E-state index is 0.0994. The van der Waals surface area contributed by atoms with Crippen molar-refractivity contribution in [1.29, 1.82) is 0 Å². The molecule has 1 aromatic heterocycles. The lowest BCUT2D eigenvalue weighted by Gasteiger charge is -2.10. The summed E-state index contributed by atoms with van der Waals surface area (Å²) in [5.74, 6) is -0.369. The number of hydrogen-bond donors (Lipinski definition) is 2. The van der Waals surface area contributed by atoms with Crippen molar-refractivity contribution >= 4 is 34.9 Å². The van der Waals surface area contributed by atoms with Gasteiger partial charge in [0.25, 0.3) is 0 Å². The molecular weight excluding hydrogens is 239 g/mol. The largest absolute Gasteiger partial charge is 0.330 e. The monoisotopic (exact) mass is 248 g/mol. The van der Waals surface area contributed by atoms with Crippen LogP contribution < -0.4 is 11.1 Å². The van der Waals surface area contributed by atoms with E-state index in [1.54, 1.807) is 6.92 Å². The molecule has 0 saturated heterocycles. The van der Waals surface area contributed by atoms with Crippen LogP contribution in [0.5, 0.6) is 0 Å². The van der Waals surface area contributed by atoms with Gasteiger partial charge in [-0.3, -0.25) is 4.79 Å². The zero-order chi connectivity index (χ0) is 11.4. The van der Waals surface area contributed by atoms with E-state index in [9.17, 15) is 4.79 Å². The first-order valence-corrected chi connectivity index (χ1v) is 4.98. The van der Waals surface area contributed by atoms with E-state index in [0.29, 0.717) is 0 Å². The molecular formula is C8H10Cl2N4O. The second-order valence-corrected chi connectivity index (χ2v) is 3.69. The maximum Gasteiger partial charge on any atom is 0.229 e. The van der Waals surface area contributed by atoms with E-state index in [1.807, 2.05) is 0 Å². The van der Waals surface area contributed by atoms with E-state index in [-0.39, 0.29) is 34.4 Å². The molecule has 1 unspecified atom stereocenters. The first-order valence-electron chi connectivity index (χ1n) is 4.23. The lowest BCUT2D eigenvalue weighted by atomic mass is 10.2. The van der Waals surface area contributed by atoms with Gasteiger partial charge in [0.1, 0.15) is 11.3 Å². The van der Waals surface area contributed by atoms with Crippen LogP contribution in [-0.4, -0.2) is 22.4 Å². The van der Waals surface area contributed by atoms with Crippen molar-refractivity contribution in [3.63, 3.8) is 0 Å². The third-order valence-electron chi connectivity index (χ3n) is 1.79. The van der Waals surface area contributed by atoms with Crippen molar-refractivity contribution in [3.8, 4) is 0 Å². The highest BCUT2D eigenvalue weighted by Gasteiger charge is 2.14. The van der Waals surface area contributed by atoms with Crippen molar-refractivity contribution in [3.05, 3.63) is 16.5 Å². The summed E-state index contributed by atoms with van der Waals surface area (Å²) in [7, 11) is 0. The third kappa shape index (κ3) is 3.02. The van der Waals surface area contributed by atoms with Gasteiger partial charge >= 0.3 is 0 Å². The van der Waals surface area contributed by atoms with E-state index < -0.39 is 0 Å². The molecule has 1 heterocycles. The summed E-state index contributed by atoms with van der Waals surface area (Å²) < 4.78 is 0. The quantitative estimate of drug-likeness (QED) is 0.791. The zero-order valence-corrected chi connectivity index (χ0v) is 9.51. The summed E-state index contributed by atoms with van der Waals surface area (Å²) in [6.07, 6.45) is 1.22. The molecule has 3 N–H and O–H groups in total. The zero-order valence-electron chi connectivity index (χ0n) is 8.00. The summed E-state index contributed by atoms with van der Waals surface area (Å²) in [5, 5.41) is 2.74. The lowest BCUT2D eigenvalue weighted by molar-refractivity contribution is -0.119. The Hall–Kier alpha value is -0.910. The molecule has 0 radical (unpaired) electrons. The molecule has 0 spiro atoms. The van der Waals surface area contributed by atoms with Gasteiger partial charge in [-0.2, -0.15) is 0 Å². The van der Waals surface area contributed by atoms with Crippen molar-refractivity contribution < 1.29 is 4.79 Å². The maximum absolute atomic E-state index is 11.5. The molecule has 15 heavy (non-hydrogen) atoms. The number of nitrogens with one attached hydrogen (secondary N) is 1. The van der Waals surface area contributed by atoms with Gasteiger partial charge in [0, 0.05) is 12.5 Å². The minimum atomic E-state index is -0.310. The van der Waals surface area contributed by atoms with Gasteiger partial charge in [-0.1, -0.05) is 30.1 Å². The topological polar surface area (TPSA) is 80.9 Å². The molecule has 1 aromatic rings. The van der Waals surface area contributed by atoms with Crippen LogP contribution in [0.3, 0.4) is 0 Å². The maximum atomic E-state index is 11.5. The second kappa shape index (κ2) is 5.25. The Labute approximate surface area is 97.0 Å². The number of nitrogens with zero attached hydrogens (tertiary/aromatic N) is 2. The van der Waals surface area contributed by atoms with Gasteiger partial charge in [-0.05, 0) is 0 Å². The predicted molar refractivity (Wildman–Crippen MR) is 58.9 cm³/mol. The Morgan fingerprint density at radius 3 is 2.87 bits per heavy atom. The fraction of sp³-hybridized carbons (Fsp3) is 0.375. The molecule has 1 amide bonds. The van der Waals surface area contributed by atoms with Crippen LogP contribution in [0.2, 0.25) is 10.2 Å². The molecule has 0 aliphatic rings. The van der Waals surface area contributed by atoms with Gasteiger partial charge in [0.2, 0.25) is 5.91 Å².